The van der Waals surface area contributed by atoms with Crippen LogP contribution in [0.4, 0.5) is 0 Å². The normalized spacial score (nSPS) is 30.0. The molecule has 0 spiro atoms. The van der Waals surface area contributed by atoms with Gasteiger partial charge in [0.25, 0.3) is 0 Å². The summed E-state index contributed by atoms with van der Waals surface area (Å²) in [5.74, 6) is 1.64. The summed E-state index contributed by atoms with van der Waals surface area (Å²) >= 11 is 0. The zero-order valence-electron chi connectivity index (χ0n) is 14.1. The number of hydrogen-bond acceptors (Lipinski definition) is 2. The topological polar surface area (TPSA) is 15.3 Å². The number of nitrogens with zero attached hydrogens (tertiary/aromatic N) is 1. The zero-order chi connectivity index (χ0) is 14.5. The fraction of sp³-hybridized carbons (Fsp3) is 1.00. The largest absolute Gasteiger partial charge is 0.316 e. The summed E-state index contributed by atoms with van der Waals surface area (Å²) in [6.07, 6.45) is 5.64. The third kappa shape index (κ3) is 5.07. The fourth-order valence-electron chi connectivity index (χ4n) is 3.70. The maximum absolute atomic E-state index is 3.63. The molecule has 1 aliphatic rings. The Morgan fingerprint density at radius 3 is 2.53 bits per heavy atom. The summed E-state index contributed by atoms with van der Waals surface area (Å²) in [6, 6.07) is 0.677. The molecule has 114 valence electrons. The molecule has 19 heavy (non-hydrogen) atoms. The van der Waals surface area contributed by atoms with Gasteiger partial charge in [0.05, 0.1) is 0 Å². The molecule has 0 aliphatic heterocycles. The Hall–Kier alpha value is -0.0800. The highest BCUT2D eigenvalue weighted by atomic mass is 15.1. The molecule has 3 unspecified atom stereocenters. The van der Waals surface area contributed by atoms with E-state index in [0.717, 1.165) is 18.4 Å². The van der Waals surface area contributed by atoms with Crippen molar-refractivity contribution >= 4 is 0 Å². The maximum Gasteiger partial charge on any atom is 0.00871 e. The average Bonchev–Trinajstić information content (AvgIpc) is 2.35. The molecular formula is C17H36N2. The molecule has 1 N–H and O–H groups in total. The zero-order valence-corrected chi connectivity index (χ0v) is 14.1. The van der Waals surface area contributed by atoms with Crippen molar-refractivity contribution in [2.75, 3.05) is 26.7 Å². The Balaban J connectivity index is 2.68. The Labute approximate surface area is 121 Å². The van der Waals surface area contributed by atoms with Crippen LogP contribution in [-0.4, -0.2) is 37.6 Å². The second-order valence-corrected chi connectivity index (χ2v) is 7.38. The van der Waals surface area contributed by atoms with E-state index in [1.54, 1.807) is 0 Å². The van der Waals surface area contributed by atoms with E-state index in [1.807, 2.05) is 0 Å². The van der Waals surface area contributed by atoms with Crippen molar-refractivity contribution in [1.29, 1.82) is 0 Å². The molecule has 0 aromatic rings. The first-order valence-corrected chi connectivity index (χ1v) is 8.31. The first kappa shape index (κ1) is 17.0. The summed E-state index contributed by atoms with van der Waals surface area (Å²) in [6.45, 7) is 15.2. The van der Waals surface area contributed by atoms with Crippen LogP contribution in [0, 0.1) is 17.3 Å². The maximum atomic E-state index is 3.63. The van der Waals surface area contributed by atoms with Gasteiger partial charge in [-0.15, -0.1) is 0 Å². The van der Waals surface area contributed by atoms with Gasteiger partial charge in [-0.1, -0.05) is 40.5 Å². The summed E-state index contributed by atoms with van der Waals surface area (Å²) in [5.41, 5.74) is 0.506. The minimum absolute atomic E-state index is 0.506. The summed E-state index contributed by atoms with van der Waals surface area (Å²) < 4.78 is 0. The minimum atomic E-state index is 0.506. The van der Waals surface area contributed by atoms with Crippen molar-refractivity contribution in [3.63, 3.8) is 0 Å². The lowest BCUT2D eigenvalue weighted by Crippen LogP contribution is -2.48. The number of hydrogen-bond donors (Lipinski definition) is 1. The van der Waals surface area contributed by atoms with Crippen molar-refractivity contribution in [2.24, 2.45) is 17.3 Å². The molecular weight excluding hydrogens is 232 g/mol. The fourth-order valence-corrected chi connectivity index (χ4v) is 3.70. The van der Waals surface area contributed by atoms with Gasteiger partial charge in [0.2, 0.25) is 0 Å². The standard InChI is InChI=1S/C17H36N2/c1-7-18-12-17(10-8-9-15(4)11-17)13-19(6)16(5)14(2)3/h14-16,18H,7-13H2,1-6H3. The molecule has 1 fully saturated rings. The lowest BCUT2D eigenvalue weighted by atomic mass is 9.69. The van der Waals surface area contributed by atoms with Crippen LogP contribution >= 0.6 is 0 Å². The van der Waals surface area contributed by atoms with Gasteiger partial charge in [-0.05, 0) is 50.6 Å². The van der Waals surface area contributed by atoms with E-state index in [9.17, 15) is 0 Å². The van der Waals surface area contributed by atoms with Crippen LogP contribution in [-0.2, 0) is 0 Å². The second-order valence-electron chi connectivity index (χ2n) is 7.38. The van der Waals surface area contributed by atoms with Crippen LogP contribution in [0.2, 0.25) is 0 Å². The average molecular weight is 268 g/mol. The van der Waals surface area contributed by atoms with Gasteiger partial charge in [0.1, 0.15) is 0 Å². The molecule has 0 aromatic heterocycles. The summed E-state index contributed by atoms with van der Waals surface area (Å²) in [5, 5.41) is 3.63. The van der Waals surface area contributed by atoms with E-state index in [0.29, 0.717) is 11.5 Å². The molecule has 2 nitrogen and oxygen atoms in total. The predicted molar refractivity (Wildman–Crippen MR) is 85.5 cm³/mol. The van der Waals surface area contributed by atoms with E-state index >= 15 is 0 Å². The first-order valence-electron chi connectivity index (χ1n) is 8.31. The monoisotopic (exact) mass is 268 g/mol. The highest BCUT2D eigenvalue weighted by molar-refractivity contribution is 4.90. The second kappa shape index (κ2) is 7.64. The van der Waals surface area contributed by atoms with E-state index in [4.69, 9.17) is 0 Å². The quantitative estimate of drug-likeness (QED) is 0.756. The van der Waals surface area contributed by atoms with Crippen molar-refractivity contribution in [3.8, 4) is 0 Å². The van der Waals surface area contributed by atoms with Gasteiger partial charge in [0, 0.05) is 19.1 Å². The van der Waals surface area contributed by atoms with Crippen LogP contribution in [0.25, 0.3) is 0 Å². The highest BCUT2D eigenvalue weighted by Crippen LogP contribution is 2.40. The Morgan fingerprint density at radius 2 is 2.00 bits per heavy atom. The van der Waals surface area contributed by atoms with Gasteiger partial charge in [-0.25, -0.2) is 0 Å². The molecule has 0 aromatic carbocycles. The molecule has 3 atom stereocenters. The van der Waals surface area contributed by atoms with Gasteiger partial charge in [0.15, 0.2) is 0 Å². The van der Waals surface area contributed by atoms with Gasteiger partial charge < -0.3 is 10.2 Å². The third-order valence-corrected chi connectivity index (χ3v) is 5.18. The van der Waals surface area contributed by atoms with E-state index in [1.165, 1.54) is 38.8 Å². The summed E-state index contributed by atoms with van der Waals surface area (Å²) in [7, 11) is 2.32. The molecule has 1 aliphatic carbocycles. The van der Waals surface area contributed by atoms with Crippen LogP contribution in [0.5, 0.6) is 0 Å². The number of nitrogens with one attached hydrogen (secondary N) is 1. The molecule has 0 heterocycles. The van der Waals surface area contributed by atoms with E-state index in [2.05, 4.69) is 51.9 Å². The molecule has 0 amide bonds. The SMILES string of the molecule is CCNCC1(CN(C)C(C)C(C)C)CCCC(C)C1. The summed E-state index contributed by atoms with van der Waals surface area (Å²) in [4.78, 5) is 2.60. The van der Waals surface area contributed by atoms with Gasteiger partial charge in [-0.2, -0.15) is 0 Å². The van der Waals surface area contributed by atoms with Crippen LogP contribution < -0.4 is 5.32 Å². The van der Waals surface area contributed by atoms with Crippen molar-refractivity contribution in [2.45, 2.75) is 66.3 Å². The number of rotatable bonds is 7. The first-order chi connectivity index (χ1) is 8.90. The van der Waals surface area contributed by atoms with E-state index in [-0.39, 0.29) is 0 Å². The van der Waals surface area contributed by atoms with Crippen molar-refractivity contribution in [1.82, 2.24) is 10.2 Å². The van der Waals surface area contributed by atoms with Crippen LogP contribution in [0.15, 0.2) is 0 Å². The highest BCUT2D eigenvalue weighted by Gasteiger charge is 2.36. The Kier molecular flexibility index (Phi) is 6.82. The van der Waals surface area contributed by atoms with Gasteiger partial charge in [-0.3, -0.25) is 0 Å². The molecule has 0 saturated heterocycles. The smallest absolute Gasteiger partial charge is 0.00871 e. The molecule has 0 bridgehead atoms. The third-order valence-electron chi connectivity index (χ3n) is 5.18. The Morgan fingerprint density at radius 1 is 1.32 bits per heavy atom. The molecule has 0 radical (unpaired) electrons. The lowest BCUT2D eigenvalue weighted by Gasteiger charge is -2.44. The van der Waals surface area contributed by atoms with E-state index < -0.39 is 0 Å². The molecule has 1 rings (SSSR count). The van der Waals surface area contributed by atoms with Crippen LogP contribution in [0.1, 0.15) is 60.3 Å². The van der Waals surface area contributed by atoms with Crippen LogP contribution in [0.3, 0.4) is 0 Å². The lowest BCUT2D eigenvalue weighted by molar-refractivity contribution is 0.0661. The Bertz CT molecular complexity index is 252. The molecule has 2 heteroatoms. The van der Waals surface area contributed by atoms with Crippen molar-refractivity contribution < 1.29 is 0 Å². The predicted octanol–water partition coefficient (Wildman–Crippen LogP) is 3.77. The van der Waals surface area contributed by atoms with Crippen molar-refractivity contribution in [3.05, 3.63) is 0 Å². The van der Waals surface area contributed by atoms with Gasteiger partial charge >= 0.3 is 0 Å². The molecule has 1 saturated carbocycles. The minimum Gasteiger partial charge on any atom is -0.316 e.